The summed E-state index contributed by atoms with van der Waals surface area (Å²) in [6, 6.07) is 0. The van der Waals surface area contributed by atoms with E-state index in [0.717, 1.165) is 5.82 Å². The maximum Gasteiger partial charge on any atom is 0.406 e. The Kier molecular flexibility index (Phi) is 3.22. The van der Waals surface area contributed by atoms with Gasteiger partial charge in [0.15, 0.2) is 0 Å². The summed E-state index contributed by atoms with van der Waals surface area (Å²) in [6.45, 7) is 2.23. The minimum absolute atomic E-state index is 0.160. The Balaban J connectivity index is 2.06. The molecule has 0 saturated carbocycles. The van der Waals surface area contributed by atoms with E-state index in [2.05, 4.69) is 25.5 Å². The van der Waals surface area contributed by atoms with E-state index in [1.54, 1.807) is 18.5 Å². The normalized spacial score (nSPS) is 10.6. The SMILES string of the molecule is Cc1nc([N+](=O)[O-])c(NCCc2ncn[nH]2)n1C. The van der Waals surface area contributed by atoms with Gasteiger partial charge in [-0.25, -0.2) is 4.98 Å². The minimum atomic E-state index is -0.496. The third-order valence-electron chi connectivity index (χ3n) is 2.59. The lowest BCUT2D eigenvalue weighted by atomic mass is 10.4. The number of imidazole rings is 1. The van der Waals surface area contributed by atoms with Crippen molar-refractivity contribution >= 4 is 11.6 Å². The van der Waals surface area contributed by atoms with Crippen LogP contribution in [0.5, 0.6) is 0 Å². The lowest BCUT2D eigenvalue weighted by molar-refractivity contribution is -0.388. The Bertz CT molecular complexity index is 546. The number of aromatic amines is 1. The molecule has 0 aromatic carbocycles. The van der Waals surface area contributed by atoms with E-state index in [1.165, 1.54) is 6.33 Å². The topological polar surface area (TPSA) is 115 Å². The van der Waals surface area contributed by atoms with Gasteiger partial charge < -0.3 is 15.4 Å². The Morgan fingerprint density at radius 3 is 3.00 bits per heavy atom. The molecule has 0 unspecified atom stereocenters. The third-order valence-corrected chi connectivity index (χ3v) is 2.59. The van der Waals surface area contributed by atoms with Gasteiger partial charge >= 0.3 is 5.82 Å². The van der Waals surface area contributed by atoms with Gasteiger partial charge in [-0.05, 0) is 9.91 Å². The van der Waals surface area contributed by atoms with Gasteiger partial charge in [-0.2, -0.15) is 5.10 Å². The summed E-state index contributed by atoms with van der Waals surface area (Å²) in [5, 5.41) is 20.3. The van der Waals surface area contributed by atoms with Gasteiger partial charge in [0.2, 0.25) is 11.6 Å². The van der Waals surface area contributed by atoms with Crippen molar-refractivity contribution in [1.82, 2.24) is 24.7 Å². The van der Waals surface area contributed by atoms with Gasteiger partial charge in [-0.3, -0.25) is 9.67 Å². The second kappa shape index (κ2) is 4.82. The first-order valence-corrected chi connectivity index (χ1v) is 5.35. The van der Waals surface area contributed by atoms with Crippen molar-refractivity contribution in [3.8, 4) is 0 Å². The molecule has 2 rings (SSSR count). The van der Waals surface area contributed by atoms with Crippen LogP contribution in [0.2, 0.25) is 0 Å². The summed E-state index contributed by atoms with van der Waals surface area (Å²) in [5.41, 5.74) is 0. The smallest absolute Gasteiger partial charge is 0.364 e. The molecular formula is C9H13N7O2. The van der Waals surface area contributed by atoms with E-state index in [4.69, 9.17) is 0 Å². The predicted octanol–water partition coefficient (Wildman–Crippen LogP) is 0.409. The number of nitrogens with zero attached hydrogens (tertiary/aromatic N) is 5. The molecule has 96 valence electrons. The molecule has 2 aromatic heterocycles. The molecular weight excluding hydrogens is 238 g/mol. The van der Waals surface area contributed by atoms with Gasteiger partial charge in [0.05, 0.1) is 0 Å². The van der Waals surface area contributed by atoms with Crippen LogP contribution in [0.25, 0.3) is 0 Å². The van der Waals surface area contributed by atoms with Gasteiger partial charge in [0.25, 0.3) is 0 Å². The predicted molar refractivity (Wildman–Crippen MR) is 63.2 cm³/mol. The fraction of sp³-hybridized carbons (Fsp3) is 0.444. The molecule has 0 fully saturated rings. The molecule has 0 aliphatic carbocycles. The Morgan fingerprint density at radius 2 is 2.39 bits per heavy atom. The summed E-state index contributed by atoms with van der Waals surface area (Å²) in [4.78, 5) is 18.2. The maximum absolute atomic E-state index is 10.8. The Labute approximate surface area is 102 Å². The van der Waals surface area contributed by atoms with Gasteiger partial charge in [0, 0.05) is 26.9 Å². The highest BCUT2D eigenvalue weighted by molar-refractivity contribution is 5.53. The lowest BCUT2D eigenvalue weighted by Crippen LogP contribution is -2.10. The molecule has 2 heterocycles. The molecule has 0 amide bonds. The van der Waals surface area contributed by atoms with Gasteiger partial charge in [0.1, 0.15) is 12.2 Å². The molecule has 0 bridgehead atoms. The molecule has 2 N–H and O–H groups in total. The van der Waals surface area contributed by atoms with E-state index in [1.807, 2.05) is 0 Å². The van der Waals surface area contributed by atoms with Crippen LogP contribution >= 0.6 is 0 Å². The quantitative estimate of drug-likeness (QED) is 0.587. The fourth-order valence-corrected chi connectivity index (χ4v) is 1.57. The van der Waals surface area contributed by atoms with Crippen LogP contribution in [0.3, 0.4) is 0 Å². The Hall–Kier alpha value is -2.45. The second-order valence-electron chi connectivity index (χ2n) is 3.76. The molecule has 0 aliphatic rings. The zero-order chi connectivity index (χ0) is 13.1. The van der Waals surface area contributed by atoms with Crippen molar-refractivity contribution in [1.29, 1.82) is 0 Å². The summed E-state index contributed by atoms with van der Waals surface area (Å²) in [5.74, 6) is 1.55. The number of hydrogen-bond donors (Lipinski definition) is 2. The zero-order valence-corrected chi connectivity index (χ0v) is 10.0. The van der Waals surface area contributed by atoms with Crippen LogP contribution in [-0.4, -0.2) is 36.2 Å². The number of hydrogen-bond acceptors (Lipinski definition) is 6. The lowest BCUT2D eigenvalue weighted by Gasteiger charge is -2.05. The molecule has 0 atom stereocenters. The highest BCUT2D eigenvalue weighted by Crippen LogP contribution is 2.23. The van der Waals surface area contributed by atoms with E-state index in [-0.39, 0.29) is 5.82 Å². The van der Waals surface area contributed by atoms with E-state index < -0.39 is 4.92 Å². The van der Waals surface area contributed by atoms with Crippen LogP contribution in [0.15, 0.2) is 6.33 Å². The molecule has 2 aromatic rings. The standard InChI is InChI=1S/C9H13N7O2/c1-6-13-9(16(17)18)8(15(6)2)10-4-3-7-11-5-12-14-7/h5,10H,3-4H2,1-2H3,(H,11,12,14). The van der Waals surface area contributed by atoms with Crippen molar-refractivity contribution in [2.24, 2.45) is 7.05 Å². The van der Waals surface area contributed by atoms with Crippen LogP contribution in [-0.2, 0) is 13.5 Å². The molecule has 0 radical (unpaired) electrons. The molecule has 0 spiro atoms. The van der Waals surface area contributed by atoms with Crippen LogP contribution in [0.1, 0.15) is 11.6 Å². The maximum atomic E-state index is 10.8. The number of aromatic nitrogens is 5. The first kappa shape index (κ1) is 12.0. The van der Waals surface area contributed by atoms with Crippen molar-refractivity contribution in [2.45, 2.75) is 13.3 Å². The minimum Gasteiger partial charge on any atom is -0.364 e. The second-order valence-corrected chi connectivity index (χ2v) is 3.76. The third kappa shape index (κ3) is 2.29. The van der Waals surface area contributed by atoms with Crippen molar-refractivity contribution in [3.05, 3.63) is 28.1 Å². The number of H-pyrrole nitrogens is 1. The first-order valence-electron chi connectivity index (χ1n) is 5.35. The van der Waals surface area contributed by atoms with E-state index in [9.17, 15) is 10.1 Å². The van der Waals surface area contributed by atoms with Crippen molar-refractivity contribution in [2.75, 3.05) is 11.9 Å². The van der Waals surface area contributed by atoms with E-state index in [0.29, 0.717) is 24.6 Å². The van der Waals surface area contributed by atoms with E-state index >= 15 is 0 Å². The van der Waals surface area contributed by atoms with Crippen molar-refractivity contribution in [3.63, 3.8) is 0 Å². The molecule has 9 heteroatoms. The van der Waals surface area contributed by atoms with Crippen LogP contribution in [0, 0.1) is 17.0 Å². The number of rotatable bonds is 5. The van der Waals surface area contributed by atoms with Crippen LogP contribution < -0.4 is 5.32 Å². The average Bonchev–Trinajstić information content (AvgIpc) is 2.92. The highest BCUT2D eigenvalue weighted by atomic mass is 16.6. The number of nitrogens with one attached hydrogen (secondary N) is 2. The number of aryl methyl sites for hydroxylation is 1. The monoisotopic (exact) mass is 251 g/mol. The summed E-state index contributed by atoms with van der Waals surface area (Å²) in [6.07, 6.45) is 2.02. The zero-order valence-electron chi connectivity index (χ0n) is 10.0. The Morgan fingerprint density at radius 1 is 1.61 bits per heavy atom. The van der Waals surface area contributed by atoms with Gasteiger partial charge in [-0.1, -0.05) is 0 Å². The largest absolute Gasteiger partial charge is 0.406 e. The van der Waals surface area contributed by atoms with Crippen molar-refractivity contribution < 1.29 is 4.92 Å². The molecule has 9 nitrogen and oxygen atoms in total. The summed E-state index contributed by atoms with van der Waals surface area (Å²) >= 11 is 0. The molecule has 18 heavy (non-hydrogen) atoms. The molecule has 0 aliphatic heterocycles. The number of anilines is 1. The highest BCUT2D eigenvalue weighted by Gasteiger charge is 2.22. The number of nitro groups is 1. The fourth-order valence-electron chi connectivity index (χ4n) is 1.57. The summed E-state index contributed by atoms with van der Waals surface area (Å²) < 4.78 is 1.65. The van der Waals surface area contributed by atoms with Crippen LogP contribution in [0.4, 0.5) is 11.6 Å². The van der Waals surface area contributed by atoms with Gasteiger partial charge in [-0.15, -0.1) is 0 Å². The molecule has 0 saturated heterocycles. The summed E-state index contributed by atoms with van der Waals surface area (Å²) in [7, 11) is 1.73. The average molecular weight is 251 g/mol. The first-order chi connectivity index (χ1) is 8.59.